The SMILES string of the molecule is COc1cccc(-c2nn(-c3ccc(F)cc3)cc2C(=O)[O-])c1. The number of methoxy groups -OCH3 is 1. The Morgan fingerprint density at radius 2 is 1.96 bits per heavy atom. The lowest BCUT2D eigenvalue weighted by Crippen LogP contribution is -2.22. The number of carboxylic acid groups (broad SMARTS) is 1. The van der Waals surface area contributed by atoms with Crippen LogP contribution in [0.4, 0.5) is 4.39 Å². The van der Waals surface area contributed by atoms with Crippen molar-refractivity contribution < 1.29 is 19.0 Å². The zero-order valence-corrected chi connectivity index (χ0v) is 12.2. The van der Waals surface area contributed by atoms with E-state index in [4.69, 9.17) is 4.74 Å². The lowest BCUT2D eigenvalue weighted by Gasteiger charge is -2.05. The van der Waals surface area contributed by atoms with E-state index in [-0.39, 0.29) is 17.1 Å². The van der Waals surface area contributed by atoms with Crippen molar-refractivity contribution in [3.8, 4) is 22.7 Å². The van der Waals surface area contributed by atoms with Crippen LogP contribution in [0.2, 0.25) is 0 Å². The monoisotopic (exact) mass is 311 g/mol. The van der Waals surface area contributed by atoms with Gasteiger partial charge in [-0.3, -0.25) is 0 Å². The summed E-state index contributed by atoms with van der Waals surface area (Å²) in [6.07, 6.45) is 1.34. The minimum Gasteiger partial charge on any atom is -0.545 e. The number of hydrogen-bond acceptors (Lipinski definition) is 4. The maximum Gasteiger partial charge on any atom is 0.123 e. The number of halogens is 1. The molecule has 5 nitrogen and oxygen atoms in total. The number of hydrogen-bond donors (Lipinski definition) is 0. The van der Waals surface area contributed by atoms with Crippen molar-refractivity contribution in [3.05, 3.63) is 66.1 Å². The van der Waals surface area contributed by atoms with Gasteiger partial charge in [0.1, 0.15) is 17.3 Å². The first kappa shape index (κ1) is 14.8. The average molecular weight is 311 g/mol. The molecule has 6 heteroatoms. The molecule has 0 N–H and O–H groups in total. The first-order chi connectivity index (χ1) is 11.1. The van der Waals surface area contributed by atoms with Gasteiger partial charge in [-0.2, -0.15) is 5.10 Å². The third-order valence-electron chi connectivity index (χ3n) is 3.37. The Morgan fingerprint density at radius 3 is 2.61 bits per heavy atom. The fraction of sp³-hybridized carbons (Fsp3) is 0.0588. The Morgan fingerprint density at radius 1 is 1.22 bits per heavy atom. The number of nitrogens with zero attached hydrogens (tertiary/aromatic N) is 2. The van der Waals surface area contributed by atoms with Crippen molar-refractivity contribution in [1.82, 2.24) is 9.78 Å². The van der Waals surface area contributed by atoms with E-state index >= 15 is 0 Å². The molecule has 0 aliphatic carbocycles. The van der Waals surface area contributed by atoms with Gasteiger partial charge in [-0.1, -0.05) is 12.1 Å². The van der Waals surface area contributed by atoms with Crippen molar-refractivity contribution in [1.29, 1.82) is 0 Å². The highest BCUT2D eigenvalue weighted by Gasteiger charge is 2.14. The molecule has 23 heavy (non-hydrogen) atoms. The number of carbonyl (C=O) groups is 1. The Hall–Kier alpha value is -3.15. The van der Waals surface area contributed by atoms with Crippen LogP contribution in [-0.2, 0) is 0 Å². The van der Waals surface area contributed by atoms with E-state index in [1.165, 1.54) is 42.3 Å². The Balaban J connectivity index is 2.12. The normalized spacial score (nSPS) is 10.5. The highest BCUT2D eigenvalue weighted by atomic mass is 19.1. The smallest absolute Gasteiger partial charge is 0.123 e. The molecule has 0 fully saturated rings. The molecule has 0 spiro atoms. The first-order valence-electron chi connectivity index (χ1n) is 6.80. The minimum atomic E-state index is -1.34. The number of aromatic nitrogens is 2. The van der Waals surface area contributed by atoms with Gasteiger partial charge in [0, 0.05) is 17.3 Å². The second-order valence-electron chi connectivity index (χ2n) is 4.83. The zero-order chi connectivity index (χ0) is 16.4. The van der Waals surface area contributed by atoms with E-state index in [2.05, 4.69) is 5.10 Å². The van der Waals surface area contributed by atoms with Gasteiger partial charge >= 0.3 is 0 Å². The molecule has 0 unspecified atom stereocenters. The summed E-state index contributed by atoms with van der Waals surface area (Å²) in [7, 11) is 1.52. The maximum atomic E-state index is 13.0. The summed E-state index contributed by atoms with van der Waals surface area (Å²) in [5.74, 6) is -1.13. The Labute approximate surface area is 131 Å². The van der Waals surface area contributed by atoms with Crippen molar-refractivity contribution in [2.45, 2.75) is 0 Å². The van der Waals surface area contributed by atoms with Gasteiger partial charge in [-0.05, 0) is 36.4 Å². The molecule has 1 heterocycles. The predicted octanol–water partition coefficient (Wildman–Crippen LogP) is 2.05. The highest BCUT2D eigenvalue weighted by molar-refractivity contribution is 5.93. The van der Waals surface area contributed by atoms with Crippen molar-refractivity contribution in [3.63, 3.8) is 0 Å². The van der Waals surface area contributed by atoms with Gasteiger partial charge < -0.3 is 14.6 Å². The molecule has 3 aromatic rings. The largest absolute Gasteiger partial charge is 0.545 e. The van der Waals surface area contributed by atoms with Gasteiger partial charge in [-0.25, -0.2) is 9.07 Å². The quantitative estimate of drug-likeness (QED) is 0.739. The van der Waals surface area contributed by atoms with Crippen molar-refractivity contribution >= 4 is 5.97 Å². The summed E-state index contributed by atoms with van der Waals surface area (Å²) < 4.78 is 19.5. The summed E-state index contributed by atoms with van der Waals surface area (Å²) >= 11 is 0. The third kappa shape index (κ3) is 2.91. The molecule has 0 bridgehead atoms. The summed E-state index contributed by atoms with van der Waals surface area (Å²) in [6, 6.07) is 12.5. The molecule has 0 aliphatic heterocycles. The van der Waals surface area contributed by atoms with Crippen molar-refractivity contribution in [2.24, 2.45) is 0 Å². The van der Waals surface area contributed by atoms with Gasteiger partial charge in [0.25, 0.3) is 0 Å². The fourth-order valence-corrected chi connectivity index (χ4v) is 2.23. The summed E-state index contributed by atoms with van der Waals surface area (Å²) in [5.41, 5.74) is 1.34. The molecule has 0 atom stereocenters. The molecule has 0 radical (unpaired) electrons. The number of aromatic carboxylic acids is 1. The minimum absolute atomic E-state index is 0.0532. The number of carbonyl (C=O) groups excluding carboxylic acids is 1. The van der Waals surface area contributed by atoms with Crippen LogP contribution >= 0.6 is 0 Å². The summed E-state index contributed by atoms with van der Waals surface area (Å²) in [5, 5.41) is 15.7. The van der Waals surface area contributed by atoms with Gasteiger partial charge in [0.05, 0.1) is 18.8 Å². The average Bonchev–Trinajstić information content (AvgIpc) is 3.01. The third-order valence-corrected chi connectivity index (χ3v) is 3.37. The number of carboxylic acids is 1. The van der Waals surface area contributed by atoms with Gasteiger partial charge in [-0.15, -0.1) is 0 Å². The predicted molar refractivity (Wildman–Crippen MR) is 79.8 cm³/mol. The molecular weight excluding hydrogens is 299 g/mol. The molecule has 0 saturated carbocycles. The molecule has 0 aliphatic rings. The van der Waals surface area contributed by atoms with E-state index in [0.717, 1.165) is 0 Å². The summed E-state index contributed by atoms with van der Waals surface area (Å²) in [4.78, 5) is 11.4. The van der Waals surface area contributed by atoms with Crippen LogP contribution in [-0.4, -0.2) is 22.9 Å². The van der Waals surface area contributed by atoms with Crippen LogP contribution in [0.5, 0.6) is 5.75 Å². The van der Waals surface area contributed by atoms with E-state index in [1.54, 1.807) is 24.3 Å². The summed E-state index contributed by atoms with van der Waals surface area (Å²) in [6.45, 7) is 0. The molecule has 3 rings (SSSR count). The van der Waals surface area contributed by atoms with Crippen LogP contribution in [0.3, 0.4) is 0 Å². The maximum absolute atomic E-state index is 13.0. The van der Waals surface area contributed by atoms with E-state index in [9.17, 15) is 14.3 Å². The lowest BCUT2D eigenvalue weighted by molar-refractivity contribution is -0.254. The van der Waals surface area contributed by atoms with E-state index in [0.29, 0.717) is 17.0 Å². The second-order valence-corrected chi connectivity index (χ2v) is 4.83. The molecule has 1 aromatic heterocycles. The van der Waals surface area contributed by atoms with E-state index < -0.39 is 5.97 Å². The molecular formula is C17H12FN2O3-. The first-order valence-corrected chi connectivity index (χ1v) is 6.80. The van der Waals surface area contributed by atoms with Gasteiger partial charge in [0.15, 0.2) is 0 Å². The Bertz CT molecular complexity index is 857. The van der Waals surface area contributed by atoms with Crippen LogP contribution in [0, 0.1) is 5.82 Å². The highest BCUT2D eigenvalue weighted by Crippen LogP contribution is 2.26. The topological polar surface area (TPSA) is 67.2 Å². The van der Waals surface area contributed by atoms with Crippen LogP contribution in [0.15, 0.2) is 54.7 Å². The molecule has 0 amide bonds. The number of benzene rings is 2. The standard InChI is InChI=1S/C17H13FN2O3/c1-23-14-4-2-3-11(9-14)16-15(17(21)22)10-20(19-16)13-7-5-12(18)6-8-13/h2-10H,1H3,(H,21,22)/p-1. The lowest BCUT2D eigenvalue weighted by atomic mass is 10.1. The fourth-order valence-electron chi connectivity index (χ4n) is 2.23. The van der Waals surface area contributed by atoms with Crippen LogP contribution in [0.1, 0.15) is 10.4 Å². The molecule has 2 aromatic carbocycles. The van der Waals surface area contributed by atoms with Crippen LogP contribution < -0.4 is 9.84 Å². The van der Waals surface area contributed by atoms with E-state index in [1.807, 2.05) is 0 Å². The molecule has 116 valence electrons. The van der Waals surface area contributed by atoms with Gasteiger partial charge in [0.2, 0.25) is 0 Å². The second kappa shape index (κ2) is 5.92. The number of rotatable bonds is 4. The number of ether oxygens (including phenoxy) is 1. The Kier molecular flexibility index (Phi) is 3.80. The zero-order valence-electron chi connectivity index (χ0n) is 12.2. The van der Waals surface area contributed by atoms with Crippen molar-refractivity contribution in [2.75, 3.05) is 7.11 Å². The molecule has 0 saturated heterocycles. The van der Waals surface area contributed by atoms with Crippen LogP contribution in [0.25, 0.3) is 16.9 Å².